The van der Waals surface area contributed by atoms with E-state index in [0.717, 1.165) is 12.8 Å². The fourth-order valence-corrected chi connectivity index (χ4v) is 4.86. The molecule has 0 aliphatic heterocycles. The minimum absolute atomic E-state index is 0.152. The average Bonchev–Trinajstić information content (AvgIpc) is 2.72. The summed E-state index contributed by atoms with van der Waals surface area (Å²) in [6, 6.07) is 18.1. The smallest absolute Gasteiger partial charge is 0.193 e. The molecule has 2 rings (SSSR count). The topological polar surface area (TPSA) is 60.7 Å². The molecule has 31 heavy (non-hydrogen) atoms. The van der Waals surface area contributed by atoms with Crippen molar-refractivity contribution in [3.63, 3.8) is 0 Å². The van der Waals surface area contributed by atoms with Crippen molar-refractivity contribution in [1.29, 1.82) is 0 Å². The summed E-state index contributed by atoms with van der Waals surface area (Å²) in [6.07, 6.45) is 13.1. The van der Waals surface area contributed by atoms with Gasteiger partial charge in [0.25, 0.3) is 0 Å². The Morgan fingerprint density at radius 3 is 1.29 bits per heavy atom. The van der Waals surface area contributed by atoms with Crippen LogP contribution < -0.4 is 0 Å². The number of hydrogen-bond donors (Lipinski definition) is 3. The molecule has 3 N–H and O–H groups in total. The average molecular weight is 446 g/mol. The molecule has 0 aliphatic carbocycles. The van der Waals surface area contributed by atoms with Crippen molar-refractivity contribution in [2.24, 2.45) is 0 Å². The maximum Gasteiger partial charge on any atom is 0.403 e. The largest absolute Gasteiger partial charge is 0.403 e. The Kier molecular flexibility index (Phi) is 11.8. The van der Waals surface area contributed by atoms with E-state index in [-0.39, 0.29) is 6.16 Å². The van der Waals surface area contributed by atoms with Crippen LogP contribution in [-0.4, -0.2) is 20.8 Å². The Morgan fingerprint density at radius 2 is 0.903 bits per heavy atom. The lowest BCUT2D eigenvalue weighted by Crippen LogP contribution is -2.02. The van der Waals surface area contributed by atoms with Gasteiger partial charge < -0.3 is 0 Å². The third kappa shape index (κ3) is 11.3. The lowest BCUT2D eigenvalue weighted by molar-refractivity contribution is 0.328. The van der Waals surface area contributed by atoms with E-state index >= 15 is 0 Å². The van der Waals surface area contributed by atoms with Crippen molar-refractivity contribution < 1.29 is 14.7 Å². The molecule has 0 bridgehead atoms. The zero-order chi connectivity index (χ0) is 22.5. The first-order chi connectivity index (χ1) is 14.8. The van der Waals surface area contributed by atoms with Crippen LogP contribution in [0.4, 0.5) is 0 Å². The molecular weight excluding hydrogens is 403 g/mol. The molecule has 172 valence electrons. The summed E-state index contributed by atoms with van der Waals surface area (Å²) in [5.74, 6) is 0.485. The van der Waals surface area contributed by atoms with Gasteiger partial charge in [0.05, 0.1) is 0 Å². The summed E-state index contributed by atoms with van der Waals surface area (Å²) >= 11 is 0. The number of unbranched alkanes of at least 4 members (excludes halogenated alkanes) is 9. The van der Waals surface area contributed by atoms with Crippen molar-refractivity contribution in [3.8, 4) is 0 Å². The van der Waals surface area contributed by atoms with Gasteiger partial charge in [-0.05, 0) is 44.2 Å². The van der Waals surface area contributed by atoms with Gasteiger partial charge in [-0.2, -0.15) is 14.7 Å². The Balaban J connectivity index is 1.63. The van der Waals surface area contributed by atoms with Crippen LogP contribution in [0.2, 0.25) is 0 Å². The molecule has 0 aliphatic rings. The van der Waals surface area contributed by atoms with Crippen LogP contribution in [0.3, 0.4) is 0 Å². The van der Waals surface area contributed by atoms with E-state index < -0.39 is 7.94 Å². The first-order valence-electron chi connectivity index (χ1n) is 12.0. The predicted octanol–water partition coefficient (Wildman–Crippen LogP) is 7.47. The van der Waals surface area contributed by atoms with E-state index in [0.29, 0.717) is 12.3 Å². The molecule has 0 amide bonds. The molecule has 4 heteroatoms. The molecule has 2 aromatic rings. The van der Waals surface area contributed by atoms with Crippen molar-refractivity contribution in [2.45, 2.75) is 90.4 Å². The summed E-state index contributed by atoms with van der Waals surface area (Å²) in [6.45, 7) is 4.30. The van der Waals surface area contributed by atoms with Gasteiger partial charge in [0, 0.05) is 5.92 Å². The summed E-state index contributed by atoms with van der Waals surface area (Å²) < 4.78 is 0. The molecule has 2 aromatic carbocycles. The van der Waals surface area contributed by atoms with Gasteiger partial charge in [0.1, 0.15) is 6.16 Å². The molecule has 0 aromatic heterocycles. The minimum atomic E-state index is -3.54. The number of rotatable bonds is 15. The zero-order valence-corrected chi connectivity index (χ0v) is 20.4. The first-order valence-corrected chi connectivity index (χ1v) is 13.9. The van der Waals surface area contributed by atoms with Crippen LogP contribution >= 0.6 is 7.94 Å². The van der Waals surface area contributed by atoms with E-state index in [9.17, 15) is 0 Å². The Hall–Kier alpha value is -1.25. The highest BCUT2D eigenvalue weighted by Crippen LogP contribution is 2.45. The molecule has 0 spiro atoms. The third-order valence-corrected chi connectivity index (χ3v) is 7.08. The van der Waals surface area contributed by atoms with Gasteiger partial charge >= 0.3 is 7.94 Å². The fraction of sp³-hybridized carbons (Fsp3) is 0.556. The van der Waals surface area contributed by atoms with Gasteiger partial charge in [-0.1, -0.05) is 111 Å². The van der Waals surface area contributed by atoms with Crippen LogP contribution in [-0.2, 0) is 0 Å². The third-order valence-electron chi connectivity index (χ3n) is 6.16. The number of aryl methyl sites for hydroxylation is 2. The number of benzene rings is 2. The van der Waals surface area contributed by atoms with Gasteiger partial charge in [-0.25, -0.2) is 0 Å². The van der Waals surface area contributed by atoms with Crippen LogP contribution in [0.15, 0.2) is 48.5 Å². The summed E-state index contributed by atoms with van der Waals surface area (Å²) in [4.78, 5) is 26.9. The Bertz CT molecular complexity index is 674. The SMILES string of the molecule is Cc1ccc(C(CCCCCCCCCCCC[P+](O)(O)O)c2ccc(C)cc2)cc1. The maximum absolute atomic E-state index is 8.97. The van der Waals surface area contributed by atoms with Gasteiger partial charge in [-0.3, -0.25) is 0 Å². The van der Waals surface area contributed by atoms with E-state index in [1.54, 1.807) is 0 Å². The molecule has 0 saturated heterocycles. The second kappa shape index (κ2) is 14.0. The normalized spacial score (nSPS) is 11.9. The van der Waals surface area contributed by atoms with E-state index in [1.807, 2.05) is 0 Å². The molecule has 0 fully saturated rings. The summed E-state index contributed by atoms with van der Waals surface area (Å²) in [5, 5.41) is 0. The van der Waals surface area contributed by atoms with Crippen molar-refractivity contribution in [2.75, 3.05) is 6.16 Å². The minimum Gasteiger partial charge on any atom is -0.193 e. The molecule has 0 saturated carbocycles. The highest BCUT2D eigenvalue weighted by Gasteiger charge is 2.27. The summed E-state index contributed by atoms with van der Waals surface area (Å²) in [7, 11) is -3.54. The molecule has 0 unspecified atom stereocenters. The second-order valence-electron chi connectivity index (χ2n) is 9.11. The Morgan fingerprint density at radius 1 is 0.548 bits per heavy atom. The quantitative estimate of drug-likeness (QED) is 0.197. The van der Waals surface area contributed by atoms with E-state index in [2.05, 4.69) is 62.4 Å². The standard InChI is InChI=1S/C27H42O3P/c1-23-14-18-25(19-15-23)27(26-20-16-24(2)17-21-26)13-11-9-7-5-3-4-6-8-10-12-22-31(28,29)30/h14-21,27-30H,3-13,22H2,1-2H3/q+1. The van der Waals surface area contributed by atoms with Gasteiger partial charge in [-0.15, -0.1) is 0 Å². The fourth-order valence-electron chi connectivity index (χ4n) is 4.21. The van der Waals surface area contributed by atoms with Crippen LogP contribution in [0.1, 0.15) is 98.8 Å². The van der Waals surface area contributed by atoms with Crippen LogP contribution in [0, 0.1) is 13.8 Å². The van der Waals surface area contributed by atoms with Crippen LogP contribution in [0.5, 0.6) is 0 Å². The van der Waals surface area contributed by atoms with Gasteiger partial charge in [0.2, 0.25) is 0 Å². The second-order valence-corrected chi connectivity index (χ2v) is 10.9. The lowest BCUT2D eigenvalue weighted by Gasteiger charge is -2.19. The van der Waals surface area contributed by atoms with Crippen LogP contribution in [0.25, 0.3) is 0 Å². The van der Waals surface area contributed by atoms with Crippen molar-refractivity contribution in [3.05, 3.63) is 70.8 Å². The predicted molar refractivity (Wildman–Crippen MR) is 133 cm³/mol. The zero-order valence-electron chi connectivity index (χ0n) is 19.5. The molecule has 0 radical (unpaired) electrons. The number of hydrogen-bond acceptors (Lipinski definition) is 3. The Labute approximate surface area is 190 Å². The van der Waals surface area contributed by atoms with E-state index in [1.165, 1.54) is 73.6 Å². The maximum atomic E-state index is 8.97. The molecular formula is C27H42O3P+. The lowest BCUT2D eigenvalue weighted by atomic mass is 9.86. The van der Waals surface area contributed by atoms with E-state index in [4.69, 9.17) is 14.7 Å². The molecule has 0 heterocycles. The first kappa shape index (κ1) is 26.0. The molecule has 0 atom stereocenters. The molecule has 3 nitrogen and oxygen atoms in total. The summed E-state index contributed by atoms with van der Waals surface area (Å²) in [5.41, 5.74) is 5.49. The van der Waals surface area contributed by atoms with Crippen molar-refractivity contribution in [1.82, 2.24) is 0 Å². The van der Waals surface area contributed by atoms with Gasteiger partial charge in [0.15, 0.2) is 0 Å². The monoisotopic (exact) mass is 445 g/mol. The van der Waals surface area contributed by atoms with Crippen molar-refractivity contribution >= 4 is 7.94 Å². The highest BCUT2D eigenvalue weighted by molar-refractivity contribution is 7.58. The highest BCUT2D eigenvalue weighted by atomic mass is 31.2.